The molecular formula is C12H15ClFNS2. The van der Waals surface area contributed by atoms with Gasteiger partial charge < -0.3 is 5.32 Å². The van der Waals surface area contributed by atoms with E-state index in [0.29, 0.717) is 16.8 Å². The van der Waals surface area contributed by atoms with Gasteiger partial charge >= 0.3 is 0 Å². The summed E-state index contributed by atoms with van der Waals surface area (Å²) in [5, 5.41) is 4.65. The van der Waals surface area contributed by atoms with Crippen molar-refractivity contribution in [3.8, 4) is 0 Å². The zero-order valence-electron chi connectivity index (χ0n) is 9.42. The molecule has 1 N–H and O–H groups in total. The summed E-state index contributed by atoms with van der Waals surface area (Å²) in [7, 11) is 0. The maximum Gasteiger partial charge on any atom is 0.123 e. The molecule has 5 heteroatoms. The van der Waals surface area contributed by atoms with Crippen LogP contribution >= 0.6 is 35.1 Å². The quantitative estimate of drug-likeness (QED) is 0.913. The second-order valence-corrected chi connectivity index (χ2v) is 6.90. The highest BCUT2D eigenvalue weighted by atomic mass is 35.5. The molecule has 0 bridgehead atoms. The second-order valence-electron chi connectivity index (χ2n) is 3.93. The summed E-state index contributed by atoms with van der Waals surface area (Å²) in [4.78, 5) is 0. The normalized spacial score (nSPS) is 20.5. The van der Waals surface area contributed by atoms with Gasteiger partial charge in [-0.15, -0.1) is 0 Å². The molecule has 1 atom stereocenters. The molecule has 1 saturated heterocycles. The average molecular weight is 292 g/mol. The van der Waals surface area contributed by atoms with Crippen LogP contribution in [0.2, 0.25) is 5.02 Å². The maximum atomic E-state index is 13.0. The SMILES string of the molecule is Fc1ccc(Cl)c(CNCC2CSCCS2)c1. The van der Waals surface area contributed by atoms with Crippen molar-refractivity contribution in [1.82, 2.24) is 5.32 Å². The van der Waals surface area contributed by atoms with E-state index in [1.807, 2.05) is 23.5 Å². The van der Waals surface area contributed by atoms with Crippen molar-refractivity contribution in [3.05, 3.63) is 34.6 Å². The third kappa shape index (κ3) is 4.36. The Morgan fingerprint density at radius 3 is 3.06 bits per heavy atom. The molecule has 94 valence electrons. The van der Waals surface area contributed by atoms with E-state index in [-0.39, 0.29) is 5.82 Å². The van der Waals surface area contributed by atoms with Crippen LogP contribution in [-0.4, -0.2) is 29.1 Å². The van der Waals surface area contributed by atoms with Crippen LogP contribution in [0.1, 0.15) is 5.56 Å². The van der Waals surface area contributed by atoms with Crippen molar-refractivity contribution in [2.24, 2.45) is 0 Å². The molecule has 1 aromatic carbocycles. The van der Waals surface area contributed by atoms with Gasteiger partial charge in [-0.3, -0.25) is 0 Å². The molecule has 2 rings (SSSR count). The zero-order valence-corrected chi connectivity index (χ0v) is 11.8. The molecular weight excluding hydrogens is 277 g/mol. The van der Waals surface area contributed by atoms with Gasteiger partial charge in [0.15, 0.2) is 0 Å². The Bertz CT molecular complexity index is 370. The first-order chi connectivity index (χ1) is 8.25. The number of hydrogen-bond acceptors (Lipinski definition) is 3. The molecule has 0 aliphatic carbocycles. The van der Waals surface area contributed by atoms with Crippen molar-refractivity contribution < 1.29 is 4.39 Å². The minimum absolute atomic E-state index is 0.228. The summed E-state index contributed by atoms with van der Waals surface area (Å²) in [5.41, 5.74) is 0.833. The molecule has 0 amide bonds. The molecule has 1 aliphatic rings. The highest BCUT2D eigenvalue weighted by Crippen LogP contribution is 2.23. The third-order valence-electron chi connectivity index (χ3n) is 2.58. The highest BCUT2D eigenvalue weighted by Gasteiger charge is 2.13. The Hall–Kier alpha value is 0.1000. The molecule has 0 saturated carbocycles. The Kier molecular flexibility index (Phi) is 5.48. The second kappa shape index (κ2) is 6.88. The standard InChI is InChI=1S/C12H15ClFNS2/c13-12-2-1-10(14)5-9(12)6-15-7-11-8-16-3-4-17-11/h1-2,5,11,15H,3-4,6-8H2. The first-order valence-electron chi connectivity index (χ1n) is 5.59. The van der Waals surface area contributed by atoms with E-state index in [0.717, 1.165) is 12.1 Å². The lowest BCUT2D eigenvalue weighted by Gasteiger charge is -2.21. The van der Waals surface area contributed by atoms with Gasteiger partial charge in [0.1, 0.15) is 5.82 Å². The van der Waals surface area contributed by atoms with Crippen LogP contribution in [0.3, 0.4) is 0 Å². The van der Waals surface area contributed by atoms with E-state index in [2.05, 4.69) is 5.32 Å². The van der Waals surface area contributed by atoms with Crippen molar-refractivity contribution in [1.29, 1.82) is 0 Å². The van der Waals surface area contributed by atoms with Gasteiger partial charge in [0.05, 0.1) is 0 Å². The van der Waals surface area contributed by atoms with Crippen molar-refractivity contribution in [2.45, 2.75) is 11.8 Å². The van der Waals surface area contributed by atoms with E-state index in [1.165, 1.54) is 29.4 Å². The fraction of sp³-hybridized carbons (Fsp3) is 0.500. The topological polar surface area (TPSA) is 12.0 Å². The van der Waals surface area contributed by atoms with Crippen molar-refractivity contribution in [2.75, 3.05) is 23.8 Å². The third-order valence-corrected chi connectivity index (χ3v) is 5.79. The molecule has 17 heavy (non-hydrogen) atoms. The Morgan fingerprint density at radius 2 is 2.29 bits per heavy atom. The Morgan fingerprint density at radius 1 is 1.41 bits per heavy atom. The summed E-state index contributed by atoms with van der Waals surface area (Å²) in [5.74, 6) is 3.47. The fourth-order valence-electron chi connectivity index (χ4n) is 1.70. The van der Waals surface area contributed by atoms with Gasteiger partial charge in [0, 0.05) is 40.6 Å². The predicted molar refractivity (Wildman–Crippen MR) is 76.7 cm³/mol. The molecule has 1 aromatic rings. The summed E-state index contributed by atoms with van der Waals surface area (Å²) in [6.07, 6.45) is 0. The molecule has 0 aromatic heterocycles. The van der Waals surface area contributed by atoms with Crippen LogP contribution in [0, 0.1) is 5.82 Å². The summed E-state index contributed by atoms with van der Waals surface area (Å²) in [6, 6.07) is 4.50. The molecule has 1 heterocycles. The number of rotatable bonds is 4. The van der Waals surface area contributed by atoms with Gasteiger partial charge in [-0.05, 0) is 23.8 Å². The van der Waals surface area contributed by atoms with E-state index in [9.17, 15) is 4.39 Å². The van der Waals surface area contributed by atoms with Crippen LogP contribution in [0.5, 0.6) is 0 Å². The zero-order chi connectivity index (χ0) is 12.1. The lowest BCUT2D eigenvalue weighted by Crippen LogP contribution is -2.28. The largest absolute Gasteiger partial charge is 0.311 e. The monoisotopic (exact) mass is 291 g/mol. The molecule has 1 fully saturated rings. The van der Waals surface area contributed by atoms with Gasteiger partial charge in [-0.2, -0.15) is 23.5 Å². The number of halogens is 2. The van der Waals surface area contributed by atoms with E-state index in [4.69, 9.17) is 11.6 Å². The summed E-state index contributed by atoms with van der Waals surface area (Å²) >= 11 is 10.0. The molecule has 1 nitrogen and oxygen atoms in total. The van der Waals surface area contributed by atoms with Crippen LogP contribution < -0.4 is 5.32 Å². The summed E-state index contributed by atoms with van der Waals surface area (Å²) < 4.78 is 13.0. The first kappa shape index (κ1) is 13.5. The smallest absolute Gasteiger partial charge is 0.123 e. The van der Waals surface area contributed by atoms with Gasteiger partial charge in [-0.25, -0.2) is 4.39 Å². The Labute approximate surface area is 115 Å². The molecule has 1 unspecified atom stereocenters. The molecule has 1 aliphatic heterocycles. The van der Waals surface area contributed by atoms with E-state index >= 15 is 0 Å². The summed E-state index contributed by atoms with van der Waals surface area (Å²) in [6.45, 7) is 1.60. The maximum absolute atomic E-state index is 13.0. The number of thioether (sulfide) groups is 2. The lowest BCUT2D eigenvalue weighted by molar-refractivity contribution is 0.620. The first-order valence-corrected chi connectivity index (χ1v) is 8.18. The van der Waals surface area contributed by atoms with Gasteiger partial charge in [-0.1, -0.05) is 11.6 Å². The predicted octanol–water partition coefficient (Wildman–Crippen LogP) is 3.42. The number of nitrogens with one attached hydrogen (secondary N) is 1. The average Bonchev–Trinajstić information content (AvgIpc) is 2.35. The minimum Gasteiger partial charge on any atom is -0.311 e. The number of hydrogen-bond donors (Lipinski definition) is 1. The van der Waals surface area contributed by atoms with Crippen LogP contribution in [0.25, 0.3) is 0 Å². The van der Waals surface area contributed by atoms with E-state index < -0.39 is 0 Å². The molecule has 0 spiro atoms. The van der Waals surface area contributed by atoms with Crippen molar-refractivity contribution in [3.63, 3.8) is 0 Å². The van der Waals surface area contributed by atoms with Gasteiger partial charge in [0.2, 0.25) is 0 Å². The van der Waals surface area contributed by atoms with Crippen LogP contribution in [0.15, 0.2) is 18.2 Å². The van der Waals surface area contributed by atoms with Crippen LogP contribution in [-0.2, 0) is 6.54 Å². The lowest BCUT2D eigenvalue weighted by atomic mass is 10.2. The van der Waals surface area contributed by atoms with Gasteiger partial charge in [0.25, 0.3) is 0 Å². The van der Waals surface area contributed by atoms with Crippen molar-refractivity contribution >= 4 is 35.1 Å². The molecule has 0 radical (unpaired) electrons. The number of benzene rings is 1. The van der Waals surface area contributed by atoms with Crippen LogP contribution in [0.4, 0.5) is 4.39 Å². The van der Waals surface area contributed by atoms with E-state index in [1.54, 1.807) is 6.07 Å². The fourth-order valence-corrected chi connectivity index (χ4v) is 4.53. The Balaban J connectivity index is 1.79. The highest BCUT2D eigenvalue weighted by molar-refractivity contribution is 8.06. The minimum atomic E-state index is -0.228.